The number of fused-ring (bicyclic) bond motifs is 1. The van der Waals surface area contributed by atoms with Crippen LogP contribution in [0.5, 0.6) is 11.5 Å². The highest BCUT2D eigenvalue weighted by Gasteiger charge is 2.50. The molecule has 2 heterocycles. The number of carbonyl (C=O) groups is 2. The Balaban J connectivity index is 1.55. The number of methoxy groups -OCH3 is 3. The summed E-state index contributed by atoms with van der Waals surface area (Å²) < 4.78 is 32.0. The molecule has 0 spiro atoms. The summed E-state index contributed by atoms with van der Waals surface area (Å²) in [4.78, 5) is 24.0. The first-order chi connectivity index (χ1) is 13.5. The Kier molecular flexibility index (Phi) is 6.55. The van der Waals surface area contributed by atoms with Crippen molar-refractivity contribution in [3.8, 4) is 11.5 Å². The van der Waals surface area contributed by atoms with Gasteiger partial charge < -0.3 is 33.7 Å². The quantitative estimate of drug-likeness (QED) is 0.687. The van der Waals surface area contributed by atoms with Crippen LogP contribution in [-0.2, 0) is 23.7 Å². The average molecular weight is 396 g/mol. The van der Waals surface area contributed by atoms with Crippen LogP contribution in [0.4, 0.5) is 10.5 Å². The highest BCUT2D eigenvalue weighted by Crippen LogP contribution is 2.30. The summed E-state index contributed by atoms with van der Waals surface area (Å²) in [6.07, 6.45) is -2.06. The lowest BCUT2D eigenvalue weighted by Crippen LogP contribution is -2.45. The standard InChI is InChI=1S/C18H24N2O8/c1-23-9-15(21)20-13-7-26-17-14(8-27-16(13)17)28-18(22)19-10-4-11(24-2)6-12(5-10)25-3/h4-6,13-14,16-17H,7-9H2,1-3H3,(H,19,22)(H,20,21)/t13-,14-,16-,17+/m1/s1. The molecule has 0 aliphatic carbocycles. The van der Waals surface area contributed by atoms with Gasteiger partial charge in [-0.25, -0.2) is 4.79 Å². The van der Waals surface area contributed by atoms with Gasteiger partial charge in [-0.15, -0.1) is 0 Å². The third-order valence-corrected chi connectivity index (χ3v) is 4.49. The monoisotopic (exact) mass is 396 g/mol. The molecule has 10 nitrogen and oxygen atoms in total. The maximum absolute atomic E-state index is 12.3. The van der Waals surface area contributed by atoms with Crippen molar-refractivity contribution in [3.63, 3.8) is 0 Å². The van der Waals surface area contributed by atoms with E-state index in [0.29, 0.717) is 17.2 Å². The third kappa shape index (κ3) is 4.64. The Bertz CT molecular complexity index is 691. The predicted molar refractivity (Wildman–Crippen MR) is 96.7 cm³/mol. The van der Waals surface area contributed by atoms with Gasteiger partial charge in [0.2, 0.25) is 5.91 Å². The summed E-state index contributed by atoms with van der Waals surface area (Å²) in [6, 6.07) is 4.67. The minimum Gasteiger partial charge on any atom is -0.497 e. The fraction of sp³-hybridized carbons (Fsp3) is 0.556. The van der Waals surface area contributed by atoms with Crippen molar-refractivity contribution in [1.82, 2.24) is 5.32 Å². The first kappa shape index (κ1) is 20.2. The number of ether oxygens (including phenoxy) is 6. The predicted octanol–water partition coefficient (Wildman–Crippen LogP) is 0.550. The summed E-state index contributed by atoms with van der Waals surface area (Å²) >= 11 is 0. The first-order valence-corrected chi connectivity index (χ1v) is 8.76. The normalized spacial score (nSPS) is 25.7. The van der Waals surface area contributed by atoms with E-state index in [2.05, 4.69) is 10.6 Å². The van der Waals surface area contributed by atoms with Crippen LogP contribution in [-0.4, -0.2) is 77.5 Å². The van der Waals surface area contributed by atoms with E-state index in [0.717, 1.165) is 0 Å². The number of anilines is 1. The topological polar surface area (TPSA) is 114 Å². The number of hydrogen-bond donors (Lipinski definition) is 2. The summed E-state index contributed by atoms with van der Waals surface area (Å²) in [6.45, 7) is 0.417. The third-order valence-electron chi connectivity index (χ3n) is 4.49. The van der Waals surface area contributed by atoms with E-state index >= 15 is 0 Å². The maximum atomic E-state index is 12.3. The number of amides is 2. The van der Waals surface area contributed by atoms with Crippen LogP contribution < -0.4 is 20.1 Å². The van der Waals surface area contributed by atoms with Crippen LogP contribution >= 0.6 is 0 Å². The zero-order valence-electron chi connectivity index (χ0n) is 15.9. The maximum Gasteiger partial charge on any atom is 0.412 e. The van der Waals surface area contributed by atoms with Gasteiger partial charge in [0.1, 0.15) is 30.3 Å². The number of hydrogen-bond acceptors (Lipinski definition) is 8. The van der Waals surface area contributed by atoms with Crippen molar-refractivity contribution >= 4 is 17.7 Å². The van der Waals surface area contributed by atoms with Crippen LogP contribution in [0.1, 0.15) is 0 Å². The molecule has 0 bridgehead atoms. The second-order valence-corrected chi connectivity index (χ2v) is 6.37. The molecule has 3 rings (SSSR count). The summed E-state index contributed by atoms with van der Waals surface area (Å²) in [7, 11) is 4.48. The minimum absolute atomic E-state index is 0.0414. The van der Waals surface area contributed by atoms with Gasteiger partial charge in [-0.3, -0.25) is 10.1 Å². The smallest absolute Gasteiger partial charge is 0.412 e. The highest BCUT2D eigenvalue weighted by molar-refractivity contribution is 5.85. The molecule has 2 aliphatic rings. The van der Waals surface area contributed by atoms with Gasteiger partial charge in [0.25, 0.3) is 0 Å². The zero-order valence-corrected chi connectivity index (χ0v) is 15.9. The van der Waals surface area contributed by atoms with Gasteiger partial charge in [-0.2, -0.15) is 0 Å². The molecule has 2 fully saturated rings. The van der Waals surface area contributed by atoms with Crippen molar-refractivity contribution in [1.29, 1.82) is 0 Å². The van der Waals surface area contributed by atoms with E-state index in [1.165, 1.54) is 21.3 Å². The van der Waals surface area contributed by atoms with E-state index in [1.54, 1.807) is 18.2 Å². The van der Waals surface area contributed by atoms with Crippen LogP contribution in [0.15, 0.2) is 18.2 Å². The molecule has 0 aromatic heterocycles. The van der Waals surface area contributed by atoms with Crippen molar-refractivity contribution in [2.45, 2.75) is 24.4 Å². The van der Waals surface area contributed by atoms with Crippen molar-refractivity contribution < 1.29 is 38.0 Å². The van der Waals surface area contributed by atoms with Crippen molar-refractivity contribution in [2.24, 2.45) is 0 Å². The van der Waals surface area contributed by atoms with Gasteiger partial charge in [0.05, 0.1) is 39.2 Å². The SMILES string of the molecule is COCC(=O)N[C@@H]1CO[C@@H]2[C@@H]1OC[C@H]2OC(=O)Nc1cc(OC)cc(OC)c1. The number of nitrogens with one attached hydrogen (secondary N) is 2. The lowest BCUT2D eigenvalue weighted by molar-refractivity contribution is -0.126. The minimum atomic E-state index is -0.653. The molecule has 4 atom stereocenters. The number of rotatable bonds is 7. The molecule has 154 valence electrons. The summed E-state index contributed by atoms with van der Waals surface area (Å²) in [5, 5.41) is 5.43. The van der Waals surface area contributed by atoms with Crippen LogP contribution in [0.25, 0.3) is 0 Å². The molecule has 1 aromatic carbocycles. The molecule has 0 unspecified atom stereocenters. The Morgan fingerprint density at radius 1 is 1.04 bits per heavy atom. The largest absolute Gasteiger partial charge is 0.497 e. The van der Waals surface area contributed by atoms with Crippen molar-refractivity contribution in [2.75, 3.05) is 46.5 Å². The second kappa shape index (κ2) is 9.09. The van der Waals surface area contributed by atoms with E-state index in [1.807, 2.05) is 0 Å². The zero-order chi connectivity index (χ0) is 20.1. The number of carbonyl (C=O) groups excluding carboxylic acids is 2. The van der Waals surface area contributed by atoms with Gasteiger partial charge in [-0.1, -0.05) is 0 Å². The molecule has 28 heavy (non-hydrogen) atoms. The second-order valence-electron chi connectivity index (χ2n) is 6.37. The molecule has 10 heteroatoms. The Morgan fingerprint density at radius 2 is 1.71 bits per heavy atom. The summed E-state index contributed by atoms with van der Waals surface area (Å²) in [5.41, 5.74) is 0.466. The van der Waals surface area contributed by atoms with Crippen molar-refractivity contribution in [3.05, 3.63) is 18.2 Å². The lowest BCUT2D eigenvalue weighted by Gasteiger charge is -2.18. The van der Waals surface area contributed by atoms with Crippen LogP contribution in [0, 0.1) is 0 Å². The van der Waals surface area contributed by atoms with Crippen LogP contribution in [0.3, 0.4) is 0 Å². The van der Waals surface area contributed by atoms with Crippen LogP contribution in [0.2, 0.25) is 0 Å². The van der Waals surface area contributed by atoms with Gasteiger partial charge in [0, 0.05) is 25.3 Å². The molecule has 2 aliphatic heterocycles. The number of benzene rings is 1. The lowest BCUT2D eigenvalue weighted by atomic mass is 10.1. The Morgan fingerprint density at radius 3 is 2.36 bits per heavy atom. The van der Waals surface area contributed by atoms with E-state index in [-0.39, 0.29) is 37.9 Å². The molecule has 0 saturated carbocycles. The molecule has 0 radical (unpaired) electrons. The average Bonchev–Trinajstić information content (AvgIpc) is 3.25. The van der Waals surface area contributed by atoms with E-state index in [9.17, 15) is 9.59 Å². The molecule has 2 amide bonds. The Hall–Kier alpha value is -2.56. The first-order valence-electron chi connectivity index (χ1n) is 8.76. The fourth-order valence-electron chi connectivity index (χ4n) is 3.23. The molecule has 1 aromatic rings. The van der Waals surface area contributed by atoms with Gasteiger partial charge >= 0.3 is 6.09 Å². The Labute approximate surface area is 162 Å². The molecular weight excluding hydrogens is 372 g/mol. The molecule has 2 N–H and O–H groups in total. The van der Waals surface area contributed by atoms with E-state index in [4.69, 9.17) is 28.4 Å². The van der Waals surface area contributed by atoms with E-state index < -0.39 is 18.3 Å². The fourth-order valence-corrected chi connectivity index (χ4v) is 3.23. The molecule has 2 saturated heterocycles. The van der Waals surface area contributed by atoms with Gasteiger partial charge in [-0.05, 0) is 0 Å². The molecular formula is C18H24N2O8. The van der Waals surface area contributed by atoms with Gasteiger partial charge in [0.15, 0.2) is 6.10 Å². The summed E-state index contributed by atoms with van der Waals surface area (Å²) in [5.74, 6) is 0.815. The highest BCUT2D eigenvalue weighted by atomic mass is 16.6.